The molecule has 0 saturated carbocycles. The standard InChI is InChI=1S/C19H18N4O2/c1-19(15-8-7-13-5-3-4-6-14(13)11-15)17(24)23(18(25)21-19)12-16-9-10-20-22(16)2/h3-11H,12H2,1-2H3,(H,21,25)/t19-/m1/s1. The van der Waals surface area contributed by atoms with Crippen molar-refractivity contribution >= 4 is 22.7 Å². The van der Waals surface area contributed by atoms with Gasteiger partial charge in [0, 0.05) is 13.2 Å². The lowest BCUT2D eigenvalue weighted by Gasteiger charge is -2.22. The highest BCUT2D eigenvalue weighted by Crippen LogP contribution is 2.31. The molecule has 1 atom stereocenters. The molecule has 6 nitrogen and oxygen atoms in total. The third-order valence-electron chi connectivity index (χ3n) is 4.84. The van der Waals surface area contributed by atoms with E-state index in [1.54, 1.807) is 30.9 Å². The number of carbonyl (C=O) groups excluding carboxylic acids is 2. The number of aromatic nitrogens is 2. The highest BCUT2D eigenvalue weighted by molar-refractivity contribution is 6.07. The molecule has 25 heavy (non-hydrogen) atoms. The maximum Gasteiger partial charge on any atom is 0.325 e. The Balaban J connectivity index is 1.70. The Morgan fingerprint density at radius 1 is 1.08 bits per heavy atom. The molecule has 2 aromatic carbocycles. The first kappa shape index (κ1) is 15.4. The van der Waals surface area contributed by atoms with Gasteiger partial charge in [-0.2, -0.15) is 5.10 Å². The summed E-state index contributed by atoms with van der Waals surface area (Å²) in [7, 11) is 1.79. The molecule has 3 aromatic rings. The average Bonchev–Trinajstić information content (AvgIpc) is 3.11. The molecular formula is C19H18N4O2. The molecule has 0 bridgehead atoms. The van der Waals surface area contributed by atoms with Gasteiger partial charge in [0.1, 0.15) is 5.54 Å². The predicted octanol–water partition coefficient (Wildman–Crippen LogP) is 2.54. The number of urea groups is 1. The van der Waals surface area contributed by atoms with E-state index in [-0.39, 0.29) is 18.5 Å². The van der Waals surface area contributed by atoms with Crippen LogP contribution in [0.5, 0.6) is 0 Å². The van der Waals surface area contributed by atoms with Gasteiger partial charge in [-0.05, 0) is 35.4 Å². The van der Waals surface area contributed by atoms with Gasteiger partial charge in [0.2, 0.25) is 0 Å². The molecule has 0 radical (unpaired) electrons. The fraction of sp³-hybridized carbons (Fsp3) is 0.211. The normalized spacial score (nSPS) is 20.3. The van der Waals surface area contributed by atoms with Gasteiger partial charge in [0.05, 0.1) is 12.2 Å². The molecule has 1 aliphatic heterocycles. The lowest BCUT2D eigenvalue weighted by molar-refractivity contribution is -0.131. The van der Waals surface area contributed by atoms with Crippen LogP contribution >= 0.6 is 0 Å². The van der Waals surface area contributed by atoms with Crippen LogP contribution in [0.25, 0.3) is 10.8 Å². The summed E-state index contributed by atoms with van der Waals surface area (Å²) in [6.07, 6.45) is 1.65. The minimum atomic E-state index is -1.07. The molecular weight excluding hydrogens is 316 g/mol. The summed E-state index contributed by atoms with van der Waals surface area (Å²) in [5, 5.41) is 9.07. The number of benzene rings is 2. The van der Waals surface area contributed by atoms with E-state index in [4.69, 9.17) is 0 Å². The zero-order valence-corrected chi connectivity index (χ0v) is 14.1. The zero-order valence-electron chi connectivity index (χ0n) is 14.1. The Hall–Kier alpha value is -3.15. The van der Waals surface area contributed by atoms with Gasteiger partial charge >= 0.3 is 6.03 Å². The topological polar surface area (TPSA) is 67.2 Å². The van der Waals surface area contributed by atoms with Gasteiger partial charge in [-0.3, -0.25) is 14.4 Å². The number of fused-ring (bicyclic) bond motifs is 1. The zero-order chi connectivity index (χ0) is 17.6. The molecule has 0 aliphatic carbocycles. The maximum absolute atomic E-state index is 13.0. The van der Waals surface area contributed by atoms with Crippen LogP contribution in [0.1, 0.15) is 18.2 Å². The van der Waals surface area contributed by atoms with Gasteiger partial charge in [0.25, 0.3) is 5.91 Å². The van der Waals surface area contributed by atoms with E-state index >= 15 is 0 Å². The van der Waals surface area contributed by atoms with Crippen molar-refractivity contribution in [3.63, 3.8) is 0 Å². The monoisotopic (exact) mass is 334 g/mol. The van der Waals surface area contributed by atoms with Crippen molar-refractivity contribution in [2.75, 3.05) is 0 Å². The molecule has 1 aromatic heterocycles. The molecule has 6 heteroatoms. The number of nitrogens with one attached hydrogen (secondary N) is 1. The summed E-state index contributed by atoms with van der Waals surface area (Å²) in [5.74, 6) is -0.256. The number of amides is 3. The second kappa shape index (κ2) is 5.44. The van der Waals surface area contributed by atoms with Crippen LogP contribution in [-0.2, 0) is 23.9 Å². The van der Waals surface area contributed by atoms with Crippen LogP contribution in [0.4, 0.5) is 4.79 Å². The van der Waals surface area contributed by atoms with E-state index in [0.717, 1.165) is 22.0 Å². The number of nitrogens with zero attached hydrogens (tertiary/aromatic N) is 3. The molecule has 4 rings (SSSR count). The van der Waals surface area contributed by atoms with Gasteiger partial charge in [-0.25, -0.2) is 4.79 Å². The van der Waals surface area contributed by atoms with Crippen LogP contribution in [0.2, 0.25) is 0 Å². The summed E-state index contributed by atoms with van der Waals surface area (Å²) in [5.41, 5.74) is 0.503. The quantitative estimate of drug-likeness (QED) is 0.749. The van der Waals surface area contributed by atoms with Crippen molar-refractivity contribution in [3.8, 4) is 0 Å². The van der Waals surface area contributed by atoms with E-state index in [0.29, 0.717) is 0 Å². The number of rotatable bonds is 3. The molecule has 1 fully saturated rings. The lowest BCUT2D eigenvalue weighted by Crippen LogP contribution is -2.40. The Morgan fingerprint density at radius 3 is 2.56 bits per heavy atom. The Labute approximate surface area is 145 Å². The van der Waals surface area contributed by atoms with E-state index in [2.05, 4.69) is 10.4 Å². The summed E-state index contributed by atoms with van der Waals surface area (Å²) in [6.45, 7) is 1.95. The fourth-order valence-corrected chi connectivity index (χ4v) is 3.25. The first-order chi connectivity index (χ1) is 12.0. The lowest BCUT2D eigenvalue weighted by atomic mass is 9.90. The summed E-state index contributed by atoms with van der Waals surface area (Å²) >= 11 is 0. The minimum Gasteiger partial charge on any atom is -0.319 e. The highest BCUT2D eigenvalue weighted by atomic mass is 16.2. The van der Waals surface area contributed by atoms with Gasteiger partial charge < -0.3 is 5.32 Å². The SMILES string of the molecule is Cn1nccc1CN1C(=O)N[C@](C)(c2ccc3ccccc3c2)C1=O. The smallest absolute Gasteiger partial charge is 0.319 e. The van der Waals surface area contributed by atoms with E-state index in [9.17, 15) is 9.59 Å². The predicted molar refractivity (Wildman–Crippen MR) is 93.6 cm³/mol. The second-order valence-corrected chi connectivity index (χ2v) is 6.45. The molecule has 3 amide bonds. The van der Waals surface area contributed by atoms with Crippen molar-refractivity contribution in [2.24, 2.45) is 7.05 Å². The average molecular weight is 334 g/mol. The minimum absolute atomic E-state index is 0.199. The third kappa shape index (κ3) is 2.38. The largest absolute Gasteiger partial charge is 0.325 e. The third-order valence-corrected chi connectivity index (χ3v) is 4.84. The first-order valence-electron chi connectivity index (χ1n) is 8.09. The molecule has 126 valence electrons. The molecule has 1 aliphatic rings. The molecule has 0 unspecified atom stereocenters. The summed E-state index contributed by atoms with van der Waals surface area (Å²) < 4.78 is 1.66. The second-order valence-electron chi connectivity index (χ2n) is 6.45. The fourth-order valence-electron chi connectivity index (χ4n) is 3.25. The van der Waals surface area contributed by atoms with E-state index in [1.165, 1.54) is 4.90 Å². The number of imide groups is 1. The van der Waals surface area contributed by atoms with Crippen LogP contribution in [0.3, 0.4) is 0 Å². The van der Waals surface area contributed by atoms with Crippen LogP contribution in [0, 0.1) is 0 Å². The van der Waals surface area contributed by atoms with Crippen LogP contribution in [0.15, 0.2) is 54.7 Å². The van der Waals surface area contributed by atoms with Gasteiger partial charge in [-0.15, -0.1) is 0 Å². The number of aryl methyl sites for hydroxylation is 1. The van der Waals surface area contributed by atoms with Crippen LogP contribution < -0.4 is 5.32 Å². The van der Waals surface area contributed by atoms with Gasteiger partial charge in [0.15, 0.2) is 0 Å². The summed E-state index contributed by atoms with van der Waals surface area (Å²) in [6, 6.07) is 15.2. The number of carbonyl (C=O) groups is 2. The molecule has 0 spiro atoms. The van der Waals surface area contributed by atoms with Gasteiger partial charge in [-0.1, -0.05) is 36.4 Å². The highest BCUT2D eigenvalue weighted by Gasteiger charge is 2.49. The van der Waals surface area contributed by atoms with E-state index < -0.39 is 5.54 Å². The van der Waals surface area contributed by atoms with Crippen molar-refractivity contribution in [3.05, 3.63) is 66.0 Å². The van der Waals surface area contributed by atoms with E-state index in [1.807, 2.05) is 42.5 Å². The Morgan fingerprint density at radius 2 is 1.84 bits per heavy atom. The van der Waals surface area contributed by atoms with Crippen molar-refractivity contribution in [1.29, 1.82) is 0 Å². The maximum atomic E-state index is 13.0. The Bertz CT molecular complexity index is 994. The Kier molecular flexibility index (Phi) is 3.35. The molecule has 2 heterocycles. The number of hydrogen-bond acceptors (Lipinski definition) is 3. The first-order valence-corrected chi connectivity index (χ1v) is 8.09. The molecule has 1 N–H and O–H groups in total. The number of hydrogen-bond donors (Lipinski definition) is 1. The van der Waals surface area contributed by atoms with Crippen LogP contribution in [-0.4, -0.2) is 26.6 Å². The van der Waals surface area contributed by atoms with Crippen molar-refractivity contribution < 1.29 is 9.59 Å². The van der Waals surface area contributed by atoms with Crippen molar-refractivity contribution in [2.45, 2.75) is 19.0 Å². The van der Waals surface area contributed by atoms with Crippen molar-refractivity contribution in [1.82, 2.24) is 20.0 Å². The summed E-state index contributed by atoms with van der Waals surface area (Å²) in [4.78, 5) is 26.7. The molecule has 1 saturated heterocycles.